The number of halogens is 1. The van der Waals surface area contributed by atoms with Gasteiger partial charge in [-0.05, 0) is 30.9 Å². The van der Waals surface area contributed by atoms with Gasteiger partial charge >= 0.3 is 0 Å². The maximum absolute atomic E-state index is 12.8. The minimum atomic E-state index is -0.190. The van der Waals surface area contributed by atoms with Gasteiger partial charge in [-0.3, -0.25) is 4.39 Å². The highest BCUT2D eigenvalue weighted by Crippen LogP contribution is 2.23. The number of nitrogens with one attached hydrogen (secondary N) is 1. The summed E-state index contributed by atoms with van der Waals surface area (Å²) in [5.41, 5.74) is 1.34. The molecule has 2 rings (SSSR count). The molecule has 1 aliphatic heterocycles. The first kappa shape index (κ1) is 10.6. The normalized spacial score (nSPS) is 26.5. The molecule has 1 heterocycles. The molecule has 0 amide bonds. The Bertz CT molecular complexity index is 286. The number of benzene rings is 1. The molecule has 1 aliphatic rings. The zero-order valence-electron chi connectivity index (χ0n) is 8.95. The Labute approximate surface area is 90.7 Å². The third-order valence-electron chi connectivity index (χ3n) is 3.30. The molecule has 2 heteroatoms. The molecule has 1 fully saturated rings. The Hall–Kier alpha value is -0.890. The van der Waals surface area contributed by atoms with Crippen molar-refractivity contribution >= 4 is 0 Å². The van der Waals surface area contributed by atoms with Gasteiger partial charge in [-0.15, -0.1) is 0 Å². The quantitative estimate of drug-likeness (QED) is 0.802. The summed E-state index contributed by atoms with van der Waals surface area (Å²) in [5, 5.41) is 3.26. The van der Waals surface area contributed by atoms with Crippen LogP contribution in [0, 0.1) is 11.8 Å². The van der Waals surface area contributed by atoms with Crippen LogP contribution in [-0.2, 0) is 6.42 Å². The summed E-state index contributed by atoms with van der Waals surface area (Å²) >= 11 is 0. The average molecular weight is 207 g/mol. The van der Waals surface area contributed by atoms with E-state index in [1.165, 1.54) is 5.56 Å². The largest absolute Gasteiger partial charge is 0.316 e. The van der Waals surface area contributed by atoms with Crippen molar-refractivity contribution in [2.75, 3.05) is 19.8 Å². The summed E-state index contributed by atoms with van der Waals surface area (Å²) in [6.45, 7) is 1.69. The van der Waals surface area contributed by atoms with Crippen LogP contribution < -0.4 is 5.32 Å². The monoisotopic (exact) mass is 207 g/mol. The maximum atomic E-state index is 12.8. The topological polar surface area (TPSA) is 12.0 Å². The first-order chi connectivity index (χ1) is 7.40. The summed E-state index contributed by atoms with van der Waals surface area (Å²) in [7, 11) is 0. The van der Waals surface area contributed by atoms with Crippen LogP contribution in [0.3, 0.4) is 0 Å². The van der Waals surface area contributed by atoms with E-state index in [9.17, 15) is 4.39 Å². The molecular weight excluding hydrogens is 189 g/mol. The maximum Gasteiger partial charge on any atom is 0.0937 e. The third-order valence-corrected chi connectivity index (χ3v) is 3.30. The molecule has 0 bridgehead atoms. The van der Waals surface area contributed by atoms with Gasteiger partial charge in [0.25, 0.3) is 0 Å². The van der Waals surface area contributed by atoms with E-state index < -0.39 is 0 Å². The van der Waals surface area contributed by atoms with Crippen molar-refractivity contribution < 1.29 is 4.39 Å². The average Bonchev–Trinajstić information content (AvgIpc) is 2.31. The van der Waals surface area contributed by atoms with Gasteiger partial charge in [-0.1, -0.05) is 30.3 Å². The zero-order valence-corrected chi connectivity index (χ0v) is 8.95. The van der Waals surface area contributed by atoms with Gasteiger partial charge in [0.05, 0.1) is 6.67 Å². The van der Waals surface area contributed by atoms with Crippen LogP contribution in [0.25, 0.3) is 0 Å². The first-order valence-electron chi connectivity index (χ1n) is 5.70. The highest BCUT2D eigenvalue weighted by Gasteiger charge is 2.24. The summed E-state index contributed by atoms with van der Waals surface area (Å²) in [6, 6.07) is 10.4. The van der Waals surface area contributed by atoms with Crippen LogP contribution in [0.4, 0.5) is 4.39 Å². The summed E-state index contributed by atoms with van der Waals surface area (Å²) < 4.78 is 12.8. The van der Waals surface area contributed by atoms with E-state index in [1.54, 1.807) is 0 Å². The molecule has 0 spiro atoms. The van der Waals surface area contributed by atoms with Crippen LogP contribution >= 0.6 is 0 Å². The molecule has 82 valence electrons. The fourth-order valence-corrected chi connectivity index (χ4v) is 2.34. The molecule has 1 saturated heterocycles. The van der Waals surface area contributed by atoms with Gasteiger partial charge in [-0.2, -0.15) is 0 Å². The Morgan fingerprint density at radius 1 is 1.20 bits per heavy atom. The molecule has 1 aromatic carbocycles. The molecule has 0 saturated carbocycles. The number of hydrogen-bond acceptors (Lipinski definition) is 1. The van der Waals surface area contributed by atoms with Crippen LogP contribution in [0.1, 0.15) is 12.0 Å². The van der Waals surface area contributed by atoms with Crippen molar-refractivity contribution in [3.8, 4) is 0 Å². The van der Waals surface area contributed by atoms with E-state index in [4.69, 9.17) is 0 Å². The number of hydrogen-bond donors (Lipinski definition) is 1. The molecule has 15 heavy (non-hydrogen) atoms. The van der Waals surface area contributed by atoms with E-state index in [-0.39, 0.29) is 12.6 Å². The van der Waals surface area contributed by atoms with Crippen molar-refractivity contribution in [1.82, 2.24) is 5.32 Å². The van der Waals surface area contributed by atoms with Crippen LogP contribution in [-0.4, -0.2) is 19.8 Å². The summed E-state index contributed by atoms with van der Waals surface area (Å²) in [4.78, 5) is 0. The molecule has 1 aromatic rings. The lowest BCUT2D eigenvalue weighted by atomic mass is 9.83. The van der Waals surface area contributed by atoms with Gasteiger partial charge in [0.15, 0.2) is 0 Å². The lowest BCUT2D eigenvalue weighted by Gasteiger charge is -2.30. The van der Waals surface area contributed by atoms with Gasteiger partial charge in [-0.25, -0.2) is 0 Å². The van der Waals surface area contributed by atoms with Gasteiger partial charge in [0.2, 0.25) is 0 Å². The second-order valence-electron chi connectivity index (χ2n) is 4.36. The van der Waals surface area contributed by atoms with E-state index in [0.717, 1.165) is 25.9 Å². The standard InChI is InChI=1S/C13H18FN/c14-9-13-10-15-7-6-12(13)8-11-4-2-1-3-5-11/h1-5,12-13,15H,6-10H2. The van der Waals surface area contributed by atoms with Crippen LogP contribution in [0.15, 0.2) is 30.3 Å². The molecule has 0 aromatic heterocycles. The first-order valence-corrected chi connectivity index (χ1v) is 5.70. The van der Waals surface area contributed by atoms with Crippen LogP contribution in [0.2, 0.25) is 0 Å². The molecule has 2 unspecified atom stereocenters. The van der Waals surface area contributed by atoms with E-state index in [0.29, 0.717) is 5.92 Å². The van der Waals surface area contributed by atoms with Gasteiger partial charge in [0.1, 0.15) is 0 Å². The Morgan fingerprint density at radius 3 is 2.73 bits per heavy atom. The number of alkyl halides is 1. The van der Waals surface area contributed by atoms with E-state index >= 15 is 0 Å². The van der Waals surface area contributed by atoms with Crippen molar-refractivity contribution in [2.24, 2.45) is 11.8 Å². The Morgan fingerprint density at radius 2 is 2.00 bits per heavy atom. The Balaban J connectivity index is 1.97. The molecule has 0 radical (unpaired) electrons. The lowest BCUT2D eigenvalue weighted by molar-refractivity contribution is 0.206. The second kappa shape index (κ2) is 5.26. The SMILES string of the molecule is FCC1CNCCC1Cc1ccccc1. The zero-order chi connectivity index (χ0) is 10.5. The molecule has 1 nitrogen and oxygen atoms in total. The highest BCUT2D eigenvalue weighted by atomic mass is 19.1. The molecule has 0 aliphatic carbocycles. The Kier molecular flexibility index (Phi) is 3.73. The van der Waals surface area contributed by atoms with Crippen molar-refractivity contribution in [1.29, 1.82) is 0 Å². The van der Waals surface area contributed by atoms with Gasteiger partial charge in [0, 0.05) is 12.5 Å². The third kappa shape index (κ3) is 2.78. The highest BCUT2D eigenvalue weighted by molar-refractivity contribution is 5.15. The summed E-state index contributed by atoms with van der Waals surface area (Å²) in [6.07, 6.45) is 2.13. The van der Waals surface area contributed by atoms with E-state index in [1.807, 2.05) is 6.07 Å². The smallest absolute Gasteiger partial charge is 0.0937 e. The molecular formula is C13H18FN. The fraction of sp³-hybridized carbons (Fsp3) is 0.538. The van der Waals surface area contributed by atoms with E-state index in [2.05, 4.69) is 29.6 Å². The van der Waals surface area contributed by atoms with Crippen LogP contribution in [0.5, 0.6) is 0 Å². The predicted molar refractivity (Wildman–Crippen MR) is 60.6 cm³/mol. The van der Waals surface area contributed by atoms with Crippen molar-refractivity contribution in [3.63, 3.8) is 0 Å². The number of piperidine rings is 1. The van der Waals surface area contributed by atoms with Crippen molar-refractivity contribution in [3.05, 3.63) is 35.9 Å². The lowest BCUT2D eigenvalue weighted by Crippen LogP contribution is -2.38. The predicted octanol–water partition coefficient (Wildman–Crippen LogP) is 2.42. The minimum absolute atomic E-state index is 0.190. The molecule has 1 N–H and O–H groups in total. The fourth-order valence-electron chi connectivity index (χ4n) is 2.34. The van der Waals surface area contributed by atoms with Crippen molar-refractivity contribution in [2.45, 2.75) is 12.8 Å². The second-order valence-corrected chi connectivity index (χ2v) is 4.36. The van der Waals surface area contributed by atoms with Gasteiger partial charge < -0.3 is 5.32 Å². The summed E-state index contributed by atoms with van der Waals surface area (Å²) in [5.74, 6) is 0.720. The number of rotatable bonds is 3. The minimum Gasteiger partial charge on any atom is -0.316 e. The molecule has 2 atom stereocenters.